The van der Waals surface area contributed by atoms with E-state index in [4.69, 9.17) is 11.6 Å². The van der Waals surface area contributed by atoms with Crippen LogP contribution in [-0.2, 0) is 0 Å². The quantitative estimate of drug-likeness (QED) is 0.620. The molecule has 0 aliphatic heterocycles. The van der Waals surface area contributed by atoms with Crippen molar-refractivity contribution in [1.82, 2.24) is 0 Å². The van der Waals surface area contributed by atoms with E-state index in [0.717, 1.165) is 11.1 Å². The summed E-state index contributed by atoms with van der Waals surface area (Å²) < 4.78 is 0. The molecule has 74 valence electrons. The monoisotopic (exact) mass is 208 g/mol. The van der Waals surface area contributed by atoms with Gasteiger partial charge in [-0.05, 0) is 42.8 Å². The third kappa shape index (κ3) is 2.85. The summed E-state index contributed by atoms with van der Waals surface area (Å²) in [6.07, 6.45) is 12.1. The van der Waals surface area contributed by atoms with E-state index < -0.39 is 0 Å². The summed E-state index contributed by atoms with van der Waals surface area (Å²) in [7, 11) is -0.307. The first-order valence-electron chi connectivity index (χ1n) is 4.92. The highest BCUT2D eigenvalue weighted by molar-refractivity contribution is 8.33. The molecule has 0 aromatic rings. The van der Waals surface area contributed by atoms with E-state index in [0.29, 0.717) is 0 Å². The van der Waals surface area contributed by atoms with Crippen molar-refractivity contribution in [2.24, 2.45) is 0 Å². The van der Waals surface area contributed by atoms with E-state index >= 15 is 0 Å². The van der Waals surface area contributed by atoms with E-state index in [1.165, 1.54) is 37.9 Å². The van der Waals surface area contributed by atoms with Gasteiger partial charge in [-0.2, -0.15) is 0 Å². The van der Waals surface area contributed by atoms with Gasteiger partial charge in [-0.15, -0.1) is 11.6 Å². The van der Waals surface area contributed by atoms with Gasteiger partial charge in [-0.1, -0.05) is 12.8 Å². The van der Waals surface area contributed by atoms with Crippen molar-refractivity contribution >= 4 is 21.6 Å². The fourth-order valence-corrected chi connectivity index (χ4v) is 5.24. The molecule has 1 aliphatic rings. The summed E-state index contributed by atoms with van der Waals surface area (Å²) in [5.41, 5.74) is 0. The smallest absolute Gasteiger partial charge is 0.0230 e. The van der Waals surface area contributed by atoms with Crippen LogP contribution >= 0.6 is 21.6 Å². The highest BCUT2D eigenvalue weighted by atomic mass is 35.5. The Hall–Kier alpha value is 0.640. The Labute approximate surface area is 83.4 Å². The average Bonchev–Trinajstić information content (AvgIpc) is 2.53. The van der Waals surface area contributed by atoms with E-state index in [-0.39, 0.29) is 10.0 Å². The Morgan fingerprint density at radius 3 is 2.33 bits per heavy atom. The lowest BCUT2D eigenvalue weighted by molar-refractivity contribution is 0.886. The van der Waals surface area contributed by atoms with E-state index in [2.05, 4.69) is 12.5 Å². The van der Waals surface area contributed by atoms with Gasteiger partial charge in [0.2, 0.25) is 0 Å². The molecule has 0 heterocycles. The fourth-order valence-electron chi connectivity index (χ4n) is 2.12. The zero-order valence-electron chi connectivity index (χ0n) is 8.31. The van der Waals surface area contributed by atoms with Crippen LogP contribution in [0, 0.1) is 0 Å². The van der Waals surface area contributed by atoms with Crippen molar-refractivity contribution in [3.63, 3.8) is 0 Å². The largest absolute Gasteiger partial charge is 0.244 e. The predicted molar refractivity (Wildman–Crippen MR) is 61.9 cm³/mol. The van der Waals surface area contributed by atoms with Gasteiger partial charge in [0.05, 0.1) is 0 Å². The standard InChI is InChI=1S/C10H21ClS/c1-12(2,9-5-8-11)10-6-3-4-7-10/h10H,3-9H2,1-2H3. The Kier molecular flexibility index (Phi) is 4.25. The normalized spacial score (nSPS) is 21.6. The summed E-state index contributed by atoms with van der Waals surface area (Å²) in [5.74, 6) is 2.24. The molecule has 0 bridgehead atoms. The molecule has 0 saturated heterocycles. The molecule has 0 N–H and O–H groups in total. The number of alkyl halides is 1. The first-order chi connectivity index (χ1) is 5.67. The third-order valence-electron chi connectivity index (χ3n) is 3.01. The molecule has 12 heavy (non-hydrogen) atoms. The molecule has 1 saturated carbocycles. The summed E-state index contributed by atoms with van der Waals surface area (Å²) in [6, 6.07) is 0. The maximum atomic E-state index is 5.73. The van der Waals surface area contributed by atoms with Gasteiger partial charge < -0.3 is 0 Å². The molecule has 0 unspecified atom stereocenters. The molecule has 0 aromatic heterocycles. The van der Waals surface area contributed by atoms with Gasteiger partial charge >= 0.3 is 0 Å². The molecule has 0 spiro atoms. The molecule has 0 radical (unpaired) electrons. The first kappa shape index (κ1) is 10.7. The fraction of sp³-hybridized carbons (Fsp3) is 1.00. The third-order valence-corrected chi connectivity index (χ3v) is 6.89. The van der Waals surface area contributed by atoms with Crippen LogP contribution in [0.1, 0.15) is 32.1 Å². The minimum atomic E-state index is -0.307. The average molecular weight is 209 g/mol. The molecular weight excluding hydrogens is 188 g/mol. The number of rotatable bonds is 4. The van der Waals surface area contributed by atoms with Crippen LogP contribution in [0.2, 0.25) is 0 Å². The molecule has 1 fully saturated rings. The summed E-state index contributed by atoms with van der Waals surface area (Å²) in [4.78, 5) is 0. The molecule has 1 rings (SSSR count). The molecular formula is C10H21ClS. The Balaban J connectivity index is 2.34. The van der Waals surface area contributed by atoms with E-state index in [1.54, 1.807) is 0 Å². The molecule has 0 nitrogen and oxygen atoms in total. The van der Waals surface area contributed by atoms with Gasteiger partial charge in [0.1, 0.15) is 0 Å². The van der Waals surface area contributed by atoms with Gasteiger partial charge in [0.15, 0.2) is 0 Å². The zero-order chi connectivity index (χ0) is 9.03. The van der Waals surface area contributed by atoms with Crippen LogP contribution in [-0.4, -0.2) is 29.4 Å². The van der Waals surface area contributed by atoms with Gasteiger partial charge in [0.25, 0.3) is 0 Å². The van der Waals surface area contributed by atoms with Crippen molar-refractivity contribution in [2.75, 3.05) is 24.1 Å². The topological polar surface area (TPSA) is 0 Å². The first-order valence-corrected chi connectivity index (χ1v) is 8.14. The molecule has 2 heteroatoms. The van der Waals surface area contributed by atoms with Gasteiger partial charge in [0, 0.05) is 5.88 Å². The zero-order valence-corrected chi connectivity index (χ0v) is 9.89. The second-order valence-electron chi connectivity index (χ2n) is 4.28. The molecule has 0 amide bonds. The predicted octanol–water partition coefficient (Wildman–Crippen LogP) is 3.62. The van der Waals surface area contributed by atoms with Crippen molar-refractivity contribution in [3.05, 3.63) is 0 Å². The highest BCUT2D eigenvalue weighted by Crippen LogP contribution is 2.52. The van der Waals surface area contributed by atoms with Crippen LogP contribution in [0.4, 0.5) is 0 Å². The van der Waals surface area contributed by atoms with E-state index in [1.807, 2.05) is 0 Å². The lowest BCUT2D eigenvalue weighted by Gasteiger charge is -2.37. The second kappa shape index (κ2) is 4.76. The van der Waals surface area contributed by atoms with Crippen LogP contribution in [0.25, 0.3) is 0 Å². The Morgan fingerprint density at radius 1 is 1.25 bits per heavy atom. The second-order valence-corrected chi connectivity index (χ2v) is 8.98. The summed E-state index contributed by atoms with van der Waals surface area (Å²) in [5, 5.41) is 1.06. The summed E-state index contributed by atoms with van der Waals surface area (Å²) >= 11 is 5.73. The van der Waals surface area contributed by atoms with Crippen LogP contribution in [0.5, 0.6) is 0 Å². The lowest BCUT2D eigenvalue weighted by Crippen LogP contribution is -2.16. The van der Waals surface area contributed by atoms with Crippen LogP contribution < -0.4 is 0 Å². The van der Waals surface area contributed by atoms with Crippen molar-refractivity contribution in [2.45, 2.75) is 37.4 Å². The number of hydrogen-bond donors (Lipinski definition) is 0. The molecule has 0 aromatic carbocycles. The minimum Gasteiger partial charge on any atom is -0.244 e. The maximum Gasteiger partial charge on any atom is 0.0230 e. The Morgan fingerprint density at radius 2 is 1.83 bits per heavy atom. The Bertz CT molecular complexity index is 128. The van der Waals surface area contributed by atoms with Crippen LogP contribution in [0.15, 0.2) is 0 Å². The highest BCUT2D eigenvalue weighted by Gasteiger charge is 2.26. The van der Waals surface area contributed by atoms with Crippen LogP contribution in [0.3, 0.4) is 0 Å². The SMILES string of the molecule is CS(C)(CCCCl)C1CCCC1. The minimum absolute atomic E-state index is 0.307. The maximum absolute atomic E-state index is 5.73. The number of hydrogen-bond acceptors (Lipinski definition) is 0. The van der Waals surface area contributed by atoms with Crippen molar-refractivity contribution in [1.29, 1.82) is 0 Å². The van der Waals surface area contributed by atoms with E-state index in [9.17, 15) is 0 Å². The van der Waals surface area contributed by atoms with Crippen molar-refractivity contribution < 1.29 is 0 Å². The lowest BCUT2D eigenvalue weighted by atomic mass is 10.4. The molecule has 1 aliphatic carbocycles. The number of halogens is 1. The van der Waals surface area contributed by atoms with Crippen molar-refractivity contribution in [3.8, 4) is 0 Å². The van der Waals surface area contributed by atoms with Gasteiger partial charge in [-0.3, -0.25) is 0 Å². The summed E-state index contributed by atoms with van der Waals surface area (Å²) in [6.45, 7) is 0. The van der Waals surface area contributed by atoms with Gasteiger partial charge in [-0.25, -0.2) is 10.0 Å². The molecule has 0 atom stereocenters.